The van der Waals surface area contributed by atoms with E-state index in [1.54, 1.807) is 5.57 Å². The molecule has 98 valence electrons. The molecule has 0 heterocycles. The number of hydrogen-bond donors (Lipinski definition) is 0. The Morgan fingerprint density at radius 3 is 2.41 bits per heavy atom. The van der Waals surface area contributed by atoms with Gasteiger partial charge < -0.3 is 0 Å². The van der Waals surface area contributed by atoms with Crippen LogP contribution in [0.1, 0.15) is 40.5 Å². The monoisotopic (exact) mass is 250 g/mol. The molecule has 17 heavy (non-hydrogen) atoms. The molecule has 0 aromatic rings. The molecule has 0 spiro atoms. The van der Waals surface area contributed by atoms with Gasteiger partial charge in [0, 0.05) is 5.92 Å². The van der Waals surface area contributed by atoms with Crippen LogP contribution in [0.3, 0.4) is 0 Å². The van der Waals surface area contributed by atoms with Crippen LogP contribution in [0.15, 0.2) is 23.8 Å². The lowest BCUT2D eigenvalue weighted by atomic mass is 9.68. The Bertz CT molecular complexity index is 315. The topological polar surface area (TPSA) is 0 Å². The van der Waals surface area contributed by atoms with Gasteiger partial charge in [0.1, 0.15) is 0 Å². The Hall–Kier alpha value is -0.303. The van der Waals surface area contributed by atoms with E-state index in [1.807, 2.05) is 0 Å². The molecule has 0 nitrogen and oxygen atoms in total. The Kier molecular flexibility index (Phi) is 4.46. The van der Waals surface area contributed by atoms with Crippen molar-refractivity contribution in [2.75, 3.05) is 0 Å². The van der Waals surface area contributed by atoms with E-state index in [1.165, 1.54) is 12.8 Å². The minimum Gasteiger partial charge on any atom is -0.0877 e. The average Bonchev–Trinajstić information content (AvgIpc) is 2.14. The fourth-order valence-electron chi connectivity index (χ4n) is 2.55. The average molecular weight is 251 g/mol. The summed E-state index contributed by atoms with van der Waals surface area (Å²) in [6.45, 7) is 16.9. The van der Waals surface area contributed by atoms with Crippen molar-refractivity contribution in [1.82, 2.24) is 0 Å². The molecule has 0 N–H and O–H groups in total. The smallest absolute Gasteiger partial charge is 0.0510 e. The second kappa shape index (κ2) is 5.13. The van der Waals surface area contributed by atoms with Crippen LogP contribution in [0.2, 0.25) is 25.2 Å². The summed E-state index contributed by atoms with van der Waals surface area (Å²) in [6.07, 6.45) is 9.99. The van der Waals surface area contributed by atoms with Gasteiger partial charge in [-0.15, -0.1) is 0 Å². The highest BCUT2D eigenvalue weighted by molar-refractivity contribution is 6.77. The summed E-state index contributed by atoms with van der Waals surface area (Å²) in [4.78, 5) is 0. The third kappa shape index (κ3) is 3.84. The van der Waals surface area contributed by atoms with Crippen LogP contribution in [0.4, 0.5) is 0 Å². The van der Waals surface area contributed by atoms with E-state index in [9.17, 15) is 0 Å². The molecule has 2 atom stereocenters. The maximum atomic E-state index is 2.49. The van der Waals surface area contributed by atoms with Crippen molar-refractivity contribution < 1.29 is 0 Å². The predicted molar refractivity (Wildman–Crippen MR) is 82.2 cm³/mol. The van der Waals surface area contributed by atoms with Gasteiger partial charge in [-0.25, -0.2) is 0 Å². The van der Waals surface area contributed by atoms with Gasteiger partial charge >= 0.3 is 0 Å². The first-order valence-electron chi connectivity index (χ1n) is 6.99. The molecule has 0 amide bonds. The molecule has 0 aromatic carbocycles. The zero-order valence-corrected chi connectivity index (χ0v) is 13.8. The fraction of sp³-hybridized carbons (Fsp3) is 0.750. The van der Waals surface area contributed by atoms with Crippen LogP contribution >= 0.6 is 0 Å². The molecule has 1 rings (SSSR count). The molecule has 0 bridgehead atoms. The van der Waals surface area contributed by atoms with Crippen molar-refractivity contribution in [3.05, 3.63) is 23.8 Å². The molecule has 1 aliphatic rings. The number of hydrogen-bond acceptors (Lipinski definition) is 0. The lowest BCUT2D eigenvalue weighted by molar-refractivity contribution is 0.255. The summed E-state index contributed by atoms with van der Waals surface area (Å²) >= 11 is 0. The molecule has 0 saturated heterocycles. The SMILES string of the molecule is CC1=CCCC(C)(C)C1/C=C/C(C)[Si](C)(C)C. The molecular weight excluding hydrogens is 220 g/mol. The van der Waals surface area contributed by atoms with Crippen LogP contribution in [-0.4, -0.2) is 8.07 Å². The zero-order chi connectivity index (χ0) is 13.3. The van der Waals surface area contributed by atoms with Gasteiger partial charge in [0.2, 0.25) is 0 Å². The first kappa shape index (κ1) is 14.8. The molecule has 0 aliphatic heterocycles. The summed E-state index contributed by atoms with van der Waals surface area (Å²) in [5, 5.41) is 0. The zero-order valence-electron chi connectivity index (χ0n) is 12.8. The van der Waals surface area contributed by atoms with Crippen LogP contribution in [0.5, 0.6) is 0 Å². The first-order valence-corrected chi connectivity index (χ1v) is 10.6. The van der Waals surface area contributed by atoms with E-state index < -0.39 is 8.07 Å². The molecule has 0 radical (unpaired) electrons. The molecule has 0 saturated carbocycles. The Morgan fingerprint density at radius 1 is 1.35 bits per heavy atom. The molecular formula is C16H30Si. The van der Waals surface area contributed by atoms with Gasteiger partial charge in [0.25, 0.3) is 0 Å². The lowest BCUT2D eigenvalue weighted by Crippen LogP contribution is -2.28. The van der Waals surface area contributed by atoms with E-state index in [2.05, 4.69) is 65.6 Å². The quantitative estimate of drug-likeness (QED) is 0.448. The summed E-state index contributed by atoms with van der Waals surface area (Å²) in [5.41, 5.74) is 2.78. The second-order valence-corrected chi connectivity index (χ2v) is 13.1. The van der Waals surface area contributed by atoms with Gasteiger partial charge in [0.15, 0.2) is 0 Å². The normalized spacial score (nSPS) is 27.0. The Morgan fingerprint density at radius 2 is 1.94 bits per heavy atom. The molecule has 2 unspecified atom stereocenters. The Balaban J connectivity index is 2.82. The highest BCUT2D eigenvalue weighted by atomic mass is 28.3. The highest BCUT2D eigenvalue weighted by Crippen LogP contribution is 2.42. The van der Waals surface area contributed by atoms with Crippen LogP contribution in [-0.2, 0) is 0 Å². The van der Waals surface area contributed by atoms with Crippen molar-refractivity contribution in [2.45, 2.75) is 65.7 Å². The van der Waals surface area contributed by atoms with Gasteiger partial charge in [-0.3, -0.25) is 0 Å². The van der Waals surface area contributed by atoms with Crippen LogP contribution in [0.25, 0.3) is 0 Å². The molecule has 0 aromatic heterocycles. The summed E-state index contributed by atoms with van der Waals surface area (Å²) < 4.78 is 0. The van der Waals surface area contributed by atoms with Crippen LogP contribution < -0.4 is 0 Å². The highest BCUT2D eigenvalue weighted by Gasteiger charge is 2.31. The summed E-state index contributed by atoms with van der Waals surface area (Å²) in [7, 11) is -1.02. The van der Waals surface area contributed by atoms with Gasteiger partial charge in [-0.05, 0) is 30.7 Å². The molecule has 1 heteroatoms. The maximum Gasteiger partial charge on any atom is 0.0510 e. The minimum absolute atomic E-state index is 0.439. The Labute approximate surface area is 109 Å². The lowest BCUT2D eigenvalue weighted by Gasteiger charge is -2.37. The molecule has 1 aliphatic carbocycles. The molecule has 0 fully saturated rings. The van der Waals surface area contributed by atoms with E-state index in [0.717, 1.165) is 5.54 Å². The van der Waals surface area contributed by atoms with E-state index in [0.29, 0.717) is 11.3 Å². The minimum atomic E-state index is -1.02. The van der Waals surface area contributed by atoms with Crippen molar-refractivity contribution in [3.8, 4) is 0 Å². The largest absolute Gasteiger partial charge is 0.0877 e. The third-order valence-electron chi connectivity index (χ3n) is 4.55. The fourth-order valence-corrected chi connectivity index (χ4v) is 3.24. The summed E-state index contributed by atoms with van der Waals surface area (Å²) in [6, 6.07) is 0. The van der Waals surface area contributed by atoms with E-state index >= 15 is 0 Å². The van der Waals surface area contributed by atoms with Gasteiger partial charge in [-0.1, -0.05) is 64.2 Å². The van der Waals surface area contributed by atoms with Crippen molar-refractivity contribution in [1.29, 1.82) is 0 Å². The van der Waals surface area contributed by atoms with Crippen LogP contribution in [0, 0.1) is 11.3 Å². The van der Waals surface area contributed by atoms with Crippen molar-refractivity contribution >= 4 is 8.07 Å². The number of rotatable bonds is 3. The third-order valence-corrected chi connectivity index (χ3v) is 7.47. The first-order chi connectivity index (χ1) is 7.64. The van der Waals surface area contributed by atoms with Gasteiger partial charge in [0.05, 0.1) is 8.07 Å². The predicted octanol–water partition coefficient (Wildman–Crippen LogP) is 5.65. The summed E-state index contributed by atoms with van der Waals surface area (Å²) in [5.74, 6) is 0.648. The van der Waals surface area contributed by atoms with Crippen molar-refractivity contribution in [3.63, 3.8) is 0 Å². The maximum absolute atomic E-state index is 2.49. The number of allylic oxidation sites excluding steroid dienone is 4. The van der Waals surface area contributed by atoms with E-state index in [-0.39, 0.29) is 0 Å². The van der Waals surface area contributed by atoms with E-state index in [4.69, 9.17) is 0 Å². The van der Waals surface area contributed by atoms with Gasteiger partial charge in [-0.2, -0.15) is 0 Å². The standard InChI is InChI=1S/C16H30Si/c1-13-9-8-12-16(3,4)15(13)11-10-14(2)17(5,6)7/h9-11,14-15H,8,12H2,1-7H3/b11-10+. The second-order valence-electron chi connectivity index (χ2n) is 7.49. The van der Waals surface area contributed by atoms with Crippen molar-refractivity contribution in [2.24, 2.45) is 11.3 Å².